The minimum atomic E-state index is 0.0164. The molecular formula is C18H18N2O. The lowest BCUT2D eigenvalue weighted by molar-refractivity contribution is -0.117. The number of rotatable bonds is 3. The van der Waals surface area contributed by atoms with Gasteiger partial charge in [-0.15, -0.1) is 0 Å². The Balaban J connectivity index is 2.03. The van der Waals surface area contributed by atoms with Crippen LogP contribution in [0.5, 0.6) is 0 Å². The monoisotopic (exact) mass is 278 g/mol. The highest BCUT2D eigenvalue weighted by Crippen LogP contribution is 2.21. The minimum absolute atomic E-state index is 0.0164. The number of hydrogen-bond acceptors (Lipinski definition) is 2. The summed E-state index contributed by atoms with van der Waals surface area (Å²) in [7, 11) is 0. The van der Waals surface area contributed by atoms with Crippen LogP contribution in [0.15, 0.2) is 66.2 Å². The van der Waals surface area contributed by atoms with Crippen molar-refractivity contribution in [3.8, 4) is 0 Å². The zero-order valence-electron chi connectivity index (χ0n) is 11.8. The van der Waals surface area contributed by atoms with Crippen LogP contribution >= 0.6 is 0 Å². The van der Waals surface area contributed by atoms with Gasteiger partial charge in [-0.25, -0.2) is 0 Å². The molecule has 0 saturated carbocycles. The van der Waals surface area contributed by atoms with E-state index in [-0.39, 0.29) is 5.91 Å². The molecule has 2 aromatic carbocycles. The smallest absolute Gasteiger partial charge is 0.249 e. The summed E-state index contributed by atoms with van der Waals surface area (Å²) < 4.78 is 0. The third-order valence-corrected chi connectivity index (χ3v) is 3.57. The molecule has 0 spiro atoms. The van der Waals surface area contributed by atoms with E-state index >= 15 is 0 Å². The molecule has 2 N–H and O–H groups in total. The quantitative estimate of drug-likeness (QED) is 0.905. The third kappa shape index (κ3) is 3.14. The average Bonchev–Trinajstić information content (AvgIpc) is 2.72. The van der Waals surface area contributed by atoms with Crippen LogP contribution in [-0.4, -0.2) is 19.0 Å². The molecule has 3 nitrogen and oxygen atoms in total. The topological polar surface area (TPSA) is 41.1 Å². The first-order chi connectivity index (χ1) is 10.3. The number of nitrogens with one attached hydrogen (secondary N) is 2. The van der Waals surface area contributed by atoms with Crippen molar-refractivity contribution in [2.24, 2.45) is 0 Å². The van der Waals surface area contributed by atoms with Gasteiger partial charge < -0.3 is 10.6 Å². The Labute approximate surface area is 124 Å². The largest absolute Gasteiger partial charge is 0.382 e. The molecule has 0 unspecified atom stereocenters. The third-order valence-electron chi connectivity index (χ3n) is 3.57. The first kappa shape index (κ1) is 13.4. The highest BCUT2D eigenvalue weighted by Gasteiger charge is 2.19. The summed E-state index contributed by atoms with van der Waals surface area (Å²) in [6.45, 7) is 1.39. The Hall–Kier alpha value is -2.55. The van der Waals surface area contributed by atoms with Gasteiger partial charge in [-0.1, -0.05) is 60.7 Å². The van der Waals surface area contributed by atoms with Gasteiger partial charge in [-0.05, 0) is 11.1 Å². The van der Waals surface area contributed by atoms with Gasteiger partial charge in [-0.2, -0.15) is 0 Å². The van der Waals surface area contributed by atoms with Crippen LogP contribution in [0.4, 0.5) is 0 Å². The molecule has 1 aliphatic rings. The van der Waals surface area contributed by atoms with Gasteiger partial charge in [0.05, 0.1) is 5.70 Å². The summed E-state index contributed by atoms with van der Waals surface area (Å²) >= 11 is 0. The second-order valence-electron chi connectivity index (χ2n) is 5.06. The molecular weight excluding hydrogens is 260 g/mol. The predicted molar refractivity (Wildman–Crippen MR) is 84.5 cm³/mol. The maximum atomic E-state index is 12.4. The molecule has 3 heteroatoms. The van der Waals surface area contributed by atoms with Gasteiger partial charge in [-0.3, -0.25) is 4.79 Å². The van der Waals surface area contributed by atoms with Crippen molar-refractivity contribution >= 4 is 11.6 Å². The summed E-state index contributed by atoms with van der Waals surface area (Å²) in [5, 5.41) is 6.35. The first-order valence-electron chi connectivity index (χ1n) is 7.19. The molecule has 0 aliphatic carbocycles. The van der Waals surface area contributed by atoms with E-state index in [0.717, 1.165) is 28.9 Å². The van der Waals surface area contributed by atoms with Gasteiger partial charge >= 0.3 is 0 Å². The molecule has 0 bridgehead atoms. The lowest BCUT2D eigenvalue weighted by Crippen LogP contribution is -2.27. The molecule has 1 heterocycles. The normalized spacial score (nSPS) is 15.1. The summed E-state index contributed by atoms with van der Waals surface area (Å²) in [6, 6.07) is 20.1. The zero-order valence-corrected chi connectivity index (χ0v) is 11.8. The summed E-state index contributed by atoms with van der Waals surface area (Å²) in [4.78, 5) is 12.4. The summed E-state index contributed by atoms with van der Waals surface area (Å²) in [5.41, 5.74) is 3.93. The van der Waals surface area contributed by atoms with Crippen LogP contribution in [-0.2, 0) is 11.2 Å². The molecule has 0 saturated heterocycles. The molecule has 106 valence electrons. The molecule has 2 aromatic rings. The lowest BCUT2D eigenvalue weighted by Gasteiger charge is -2.13. The fourth-order valence-corrected chi connectivity index (χ4v) is 2.54. The first-order valence-corrected chi connectivity index (χ1v) is 7.19. The predicted octanol–water partition coefficient (Wildman–Crippen LogP) is 2.36. The number of benzene rings is 2. The average molecular weight is 278 g/mol. The van der Waals surface area contributed by atoms with Crippen LogP contribution in [0.1, 0.15) is 11.1 Å². The molecule has 0 fully saturated rings. The van der Waals surface area contributed by atoms with E-state index in [1.807, 2.05) is 60.7 Å². The molecule has 0 radical (unpaired) electrons. The molecule has 21 heavy (non-hydrogen) atoms. The van der Waals surface area contributed by atoms with E-state index < -0.39 is 0 Å². The Morgan fingerprint density at radius 1 is 0.810 bits per heavy atom. The lowest BCUT2D eigenvalue weighted by atomic mass is 9.99. The number of hydrogen-bond donors (Lipinski definition) is 2. The molecule has 1 aliphatic heterocycles. The number of carbonyl (C=O) groups is 1. The van der Waals surface area contributed by atoms with Crippen molar-refractivity contribution in [1.29, 1.82) is 0 Å². The van der Waals surface area contributed by atoms with Crippen LogP contribution in [0.3, 0.4) is 0 Å². The van der Waals surface area contributed by atoms with Crippen molar-refractivity contribution in [2.45, 2.75) is 6.42 Å². The maximum Gasteiger partial charge on any atom is 0.249 e. The van der Waals surface area contributed by atoms with E-state index in [9.17, 15) is 4.79 Å². The van der Waals surface area contributed by atoms with Crippen molar-refractivity contribution in [1.82, 2.24) is 10.6 Å². The van der Waals surface area contributed by atoms with E-state index in [1.165, 1.54) is 0 Å². The SMILES string of the molecule is O=C1NCCNC(c2ccccc2)=C1Cc1ccccc1. The van der Waals surface area contributed by atoms with Crippen LogP contribution < -0.4 is 10.6 Å². The van der Waals surface area contributed by atoms with Crippen molar-refractivity contribution in [3.63, 3.8) is 0 Å². The fraction of sp³-hybridized carbons (Fsp3) is 0.167. The molecule has 1 amide bonds. The Bertz CT molecular complexity index is 647. The standard InChI is InChI=1S/C18H18N2O/c21-18-16(13-14-7-3-1-4-8-14)17(19-11-12-20-18)15-9-5-2-6-10-15/h1-10,19H,11-13H2,(H,20,21). The van der Waals surface area contributed by atoms with Gasteiger partial charge in [0.1, 0.15) is 0 Å². The summed E-state index contributed by atoms with van der Waals surface area (Å²) in [5.74, 6) is 0.0164. The highest BCUT2D eigenvalue weighted by molar-refractivity contribution is 6.01. The molecule has 0 aromatic heterocycles. The number of amides is 1. The minimum Gasteiger partial charge on any atom is -0.382 e. The Morgan fingerprint density at radius 3 is 2.14 bits per heavy atom. The molecule has 0 atom stereocenters. The zero-order chi connectivity index (χ0) is 14.5. The maximum absolute atomic E-state index is 12.4. The van der Waals surface area contributed by atoms with Crippen LogP contribution in [0.2, 0.25) is 0 Å². The van der Waals surface area contributed by atoms with Crippen molar-refractivity contribution in [3.05, 3.63) is 77.4 Å². The van der Waals surface area contributed by atoms with E-state index in [2.05, 4.69) is 10.6 Å². The van der Waals surface area contributed by atoms with E-state index in [0.29, 0.717) is 13.0 Å². The van der Waals surface area contributed by atoms with Crippen LogP contribution in [0.25, 0.3) is 5.70 Å². The van der Waals surface area contributed by atoms with E-state index in [1.54, 1.807) is 0 Å². The van der Waals surface area contributed by atoms with Gasteiger partial charge in [0.15, 0.2) is 0 Å². The van der Waals surface area contributed by atoms with E-state index in [4.69, 9.17) is 0 Å². The van der Waals surface area contributed by atoms with Gasteiger partial charge in [0, 0.05) is 25.1 Å². The van der Waals surface area contributed by atoms with Crippen LogP contribution in [0, 0.1) is 0 Å². The number of carbonyl (C=O) groups excluding carboxylic acids is 1. The summed E-state index contributed by atoms with van der Waals surface area (Å²) in [6.07, 6.45) is 0.629. The second-order valence-corrected chi connectivity index (χ2v) is 5.06. The molecule has 3 rings (SSSR count). The van der Waals surface area contributed by atoms with Crippen molar-refractivity contribution < 1.29 is 4.79 Å². The fourth-order valence-electron chi connectivity index (χ4n) is 2.54. The second kappa shape index (κ2) is 6.27. The Kier molecular flexibility index (Phi) is 4.01. The highest BCUT2D eigenvalue weighted by atomic mass is 16.1. The van der Waals surface area contributed by atoms with Crippen molar-refractivity contribution in [2.75, 3.05) is 13.1 Å². The van der Waals surface area contributed by atoms with Gasteiger partial charge in [0.25, 0.3) is 0 Å². The Morgan fingerprint density at radius 2 is 1.43 bits per heavy atom. The van der Waals surface area contributed by atoms with Gasteiger partial charge in [0.2, 0.25) is 5.91 Å².